The van der Waals surface area contributed by atoms with Crippen LogP contribution in [0.1, 0.15) is 44.5 Å². The molecule has 0 N–H and O–H groups in total. The summed E-state index contributed by atoms with van der Waals surface area (Å²) in [6.45, 7) is 9.59. The van der Waals surface area contributed by atoms with Crippen LogP contribution in [0.15, 0.2) is 35.4 Å². The maximum absolute atomic E-state index is 12.7. The third kappa shape index (κ3) is 4.21. The predicted octanol–water partition coefficient (Wildman–Crippen LogP) is 3.11. The molecular weight excluding hydrogens is 316 g/mol. The fourth-order valence-corrected chi connectivity index (χ4v) is 3.05. The first-order valence-electron chi connectivity index (χ1n) is 8.79. The van der Waals surface area contributed by atoms with Gasteiger partial charge in [0, 0.05) is 36.8 Å². The van der Waals surface area contributed by atoms with Gasteiger partial charge >= 0.3 is 0 Å². The Morgan fingerprint density at radius 2 is 1.96 bits per heavy atom. The van der Waals surface area contributed by atoms with Crippen LogP contribution in [-0.4, -0.2) is 54.4 Å². The van der Waals surface area contributed by atoms with Gasteiger partial charge in [0.1, 0.15) is 5.75 Å². The van der Waals surface area contributed by atoms with Crippen molar-refractivity contribution in [2.45, 2.75) is 40.2 Å². The van der Waals surface area contributed by atoms with Crippen molar-refractivity contribution in [1.29, 1.82) is 0 Å². The summed E-state index contributed by atoms with van der Waals surface area (Å²) in [5.74, 6) is 0.735. The van der Waals surface area contributed by atoms with Gasteiger partial charge in [-0.15, -0.1) is 0 Å². The summed E-state index contributed by atoms with van der Waals surface area (Å²) in [4.78, 5) is 29.1. The summed E-state index contributed by atoms with van der Waals surface area (Å²) in [5.41, 5.74) is 2.55. The molecule has 1 saturated heterocycles. The summed E-state index contributed by atoms with van der Waals surface area (Å²) >= 11 is 0. The first kappa shape index (κ1) is 19.0. The van der Waals surface area contributed by atoms with E-state index in [1.807, 2.05) is 42.7 Å². The highest BCUT2D eigenvalue weighted by Gasteiger charge is 2.31. The van der Waals surface area contributed by atoms with E-state index in [1.165, 1.54) is 0 Å². The van der Waals surface area contributed by atoms with Crippen molar-refractivity contribution in [1.82, 2.24) is 9.80 Å². The Morgan fingerprint density at radius 1 is 1.24 bits per heavy atom. The van der Waals surface area contributed by atoms with Crippen molar-refractivity contribution < 1.29 is 14.3 Å². The maximum atomic E-state index is 12.7. The van der Waals surface area contributed by atoms with Gasteiger partial charge in [0.2, 0.25) is 5.91 Å². The van der Waals surface area contributed by atoms with E-state index in [0.29, 0.717) is 30.9 Å². The molecule has 2 amide bonds. The van der Waals surface area contributed by atoms with Crippen LogP contribution in [0, 0.1) is 0 Å². The zero-order chi connectivity index (χ0) is 18.6. The first-order valence-corrected chi connectivity index (χ1v) is 8.79. The molecule has 0 bridgehead atoms. The number of allylic oxidation sites excluding steroid dienone is 1. The quantitative estimate of drug-likeness (QED) is 0.789. The largest absolute Gasteiger partial charge is 0.497 e. The number of carbonyl (C=O) groups excluding carboxylic acids is 2. The molecule has 136 valence electrons. The third-order valence-corrected chi connectivity index (χ3v) is 4.98. The van der Waals surface area contributed by atoms with E-state index in [9.17, 15) is 9.59 Å². The summed E-state index contributed by atoms with van der Waals surface area (Å²) in [7, 11) is 1.59. The lowest BCUT2D eigenvalue weighted by Gasteiger charge is -2.40. The van der Waals surface area contributed by atoms with Crippen molar-refractivity contribution in [2.75, 3.05) is 26.7 Å². The molecule has 5 heteroatoms. The smallest absolute Gasteiger partial charge is 0.254 e. The van der Waals surface area contributed by atoms with Crippen LogP contribution < -0.4 is 4.74 Å². The van der Waals surface area contributed by atoms with Crippen LogP contribution in [0.2, 0.25) is 0 Å². The average molecular weight is 344 g/mol. The second-order valence-electron chi connectivity index (χ2n) is 6.59. The summed E-state index contributed by atoms with van der Waals surface area (Å²) in [5, 5.41) is 0. The highest BCUT2D eigenvalue weighted by atomic mass is 16.5. The molecule has 1 fully saturated rings. The van der Waals surface area contributed by atoms with Crippen molar-refractivity contribution in [3.05, 3.63) is 41.0 Å². The molecule has 1 heterocycles. The molecule has 5 nitrogen and oxygen atoms in total. The Kier molecular flexibility index (Phi) is 6.23. The van der Waals surface area contributed by atoms with Crippen LogP contribution in [0.5, 0.6) is 5.75 Å². The van der Waals surface area contributed by atoms with Crippen LogP contribution in [-0.2, 0) is 4.79 Å². The topological polar surface area (TPSA) is 49.9 Å². The lowest BCUT2D eigenvalue weighted by atomic mass is 10.1. The molecule has 1 unspecified atom stereocenters. The monoisotopic (exact) mass is 344 g/mol. The predicted molar refractivity (Wildman–Crippen MR) is 98.7 cm³/mol. The minimum atomic E-state index is -0.0187. The Bertz CT molecular complexity index is 681. The molecule has 0 aliphatic carbocycles. The van der Waals surface area contributed by atoms with Crippen LogP contribution >= 0.6 is 0 Å². The van der Waals surface area contributed by atoms with Crippen molar-refractivity contribution >= 4 is 11.8 Å². The number of methoxy groups -OCH3 is 1. The molecule has 2 rings (SSSR count). The standard InChI is InChI=1S/C20H28N2O3/c1-6-14(2)16(4)19(23)22-11-10-21(13-15(22)3)20(24)17-8-7-9-18(12-17)25-5/h7-9,12,15H,6,10-11,13H2,1-5H3/b16-14+. The summed E-state index contributed by atoms with van der Waals surface area (Å²) < 4.78 is 5.19. The van der Waals surface area contributed by atoms with Gasteiger partial charge in [-0.05, 0) is 45.4 Å². The normalized spacial score (nSPS) is 18.7. The van der Waals surface area contributed by atoms with E-state index in [2.05, 4.69) is 6.92 Å². The van der Waals surface area contributed by atoms with Crippen LogP contribution in [0.25, 0.3) is 0 Å². The second kappa shape index (κ2) is 8.19. The van der Waals surface area contributed by atoms with Gasteiger partial charge in [0.25, 0.3) is 5.91 Å². The average Bonchev–Trinajstić information content (AvgIpc) is 2.65. The number of carbonyl (C=O) groups is 2. The number of hydrogen-bond donors (Lipinski definition) is 0. The molecule has 0 spiro atoms. The molecule has 1 aliphatic heterocycles. The Labute approximate surface area is 150 Å². The maximum Gasteiger partial charge on any atom is 0.254 e. The van der Waals surface area contributed by atoms with Crippen molar-refractivity contribution in [3.8, 4) is 5.75 Å². The van der Waals surface area contributed by atoms with Gasteiger partial charge in [-0.1, -0.05) is 18.6 Å². The lowest BCUT2D eigenvalue weighted by Crippen LogP contribution is -2.55. The van der Waals surface area contributed by atoms with Gasteiger partial charge in [-0.25, -0.2) is 0 Å². The number of benzene rings is 1. The van der Waals surface area contributed by atoms with Gasteiger partial charge in [-0.2, -0.15) is 0 Å². The minimum absolute atomic E-state index is 0.00425. The summed E-state index contributed by atoms with van der Waals surface area (Å²) in [6.07, 6.45) is 0.875. The minimum Gasteiger partial charge on any atom is -0.497 e. The fourth-order valence-electron chi connectivity index (χ4n) is 3.05. The Hall–Kier alpha value is -2.30. The zero-order valence-electron chi connectivity index (χ0n) is 15.8. The zero-order valence-corrected chi connectivity index (χ0v) is 15.8. The second-order valence-corrected chi connectivity index (χ2v) is 6.59. The Morgan fingerprint density at radius 3 is 2.56 bits per heavy atom. The molecular formula is C20H28N2O3. The molecule has 0 radical (unpaired) electrons. The molecule has 0 saturated carbocycles. The fraction of sp³-hybridized carbons (Fsp3) is 0.500. The highest BCUT2D eigenvalue weighted by Crippen LogP contribution is 2.19. The van der Waals surface area contributed by atoms with E-state index >= 15 is 0 Å². The van der Waals surface area contributed by atoms with E-state index in [1.54, 1.807) is 19.2 Å². The molecule has 25 heavy (non-hydrogen) atoms. The molecule has 1 aromatic rings. The number of ether oxygens (including phenoxy) is 1. The number of rotatable bonds is 4. The van der Waals surface area contributed by atoms with E-state index in [-0.39, 0.29) is 17.9 Å². The number of amides is 2. The van der Waals surface area contributed by atoms with Gasteiger partial charge in [0.15, 0.2) is 0 Å². The molecule has 1 atom stereocenters. The summed E-state index contributed by atoms with van der Waals surface area (Å²) in [6, 6.07) is 7.18. The van der Waals surface area contributed by atoms with Crippen LogP contribution in [0.4, 0.5) is 0 Å². The van der Waals surface area contributed by atoms with Gasteiger partial charge in [0.05, 0.1) is 7.11 Å². The third-order valence-electron chi connectivity index (χ3n) is 4.98. The van der Waals surface area contributed by atoms with Crippen LogP contribution in [0.3, 0.4) is 0 Å². The molecule has 1 aliphatic rings. The lowest BCUT2D eigenvalue weighted by molar-refractivity contribution is -0.131. The van der Waals surface area contributed by atoms with Crippen molar-refractivity contribution in [3.63, 3.8) is 0 Å². The van der Waals surface area contributed by atoms with E-state index < -0.39 is 0 Å². The molecule has 0 aromatic heterocycles. The van der Waals surface area contributed by atoms with E-state index in [0.717, 1.165) is 17.6 Å². The highest BCUT2D eigenvalue weighted by molar-refractivity contribution is 5.96. The van der Waals surface area contributed by atoms with Gasteiger partial charge < -0.3 is 14.5 Å². The SMILES string of the molecule is CC/C(C)=C(\C)C(=O)N1CCN(C(=O)c2cccc(OC)c2)CC1C. The number of hydrogen-bond acceptors (Lipinski definition) is 3. The molecule has 1 aromatic carbocycles. The van der Waals surface area contributed by atoms with E-state index in [4.69, 9.17) is 4.74 Å². The number of piperazine rings is 1. The first-order chi connectivity index (χ1) is 11.9. The Balaban J connectivity index is 2.08. The number of nitrogens with zero attached hydrogens (tertiary/aromatic N) is 2. The van der Waals surface area contributed by atoms with Crippen molar-refractivity contribution in [2.24, 2.45) is 0 Å². The van der Waals surface area contributed by atoms with Gasteiger partial charge in [-0.3, -0.25) is 9.59 Å².